The van der Waals surface area contributed by atoms with Crippen molar-refractivity contribution in [3.8, 4) is 6.07 Å². The van der Waals surface area contributed by atoms with E-state index in [0.717, 1.165) is 12.8 Å². The fourth-order valence-electron chi connectivity index (χ4n) is 1.93. The van der Waals surface area contributed by atoms with Crippen LogP contribution in [0.15, 0.2) is 24.3 Å². The number of hydrogen-bond donors (Lipinski definition) is 0. The minimum absolute atomic E-state index is 0. The summed E-state index contributed by atoms with van der Waals surface area (Å²) in [4.78, 5) is 0. The summed E-state index contributed by atoms with van der Waals surface area (Å²) in [7, 11) is 0. The first-order valence-corrected chi connectivity index (χ1v) is 7.61. The molecule has 0 saturated heterocycles. The van der Waals surface area contributed by atoms with Crippen molar-refractivity contribution in [3.63, 3.8) is 0 Å². The largest absolute Gasteiger partial charge is 0.147 e. The molecule has 1 unspecified atom stereocenters. The van der Waals surface area contributed by atoms with Gasteiger partial charge in [-0.1, -0.05) is 0 Å². The van der Waals surface area contributed by atoms with Gasteiger partial charge in [0.25, 0.3) is 0 Å². The van der Waals surface area contributed by atoms with Crippen LogP contribution in [0.5, 0.6) is 0 Å². The summed E-state index contributed by atoms with van der Waals surface area (Å²) in [6, 6.07) is 11.0. The molecule has 0 radical (unpaired) electrons. The van der Waals surface area contributed by atoms with Crippen molar-refractivity contribution in [1.29, 1.82) is 5.26 Å². The van der Waals surface area contributed by atoms with Crippen molar-refractivity contribution in [2.75, 3.05) is 0 Å². The molecule has 0 N–H and O–H groups in total. The molecule has 1 aliphatic rings. The maximum absolute atomic E-state index is 9.17. The van der Waals surface area contributed by atoms with Crippen molar-refractivity contribution < 1.29 is 0 Å². The van der Waals surface area contributed by atoms with E-state index >= 15 is 0 Å². The van der Waals surface area contributed by atoms with Crippen LogP contribution in [0.4, 0.5) is 0 Å². The first kappa shape index (κ1) is 11.6. The summed E-state index contributed by atoms with van der Waals surface area (Å²) in [6.45, 7) is 0. The Morgan fingerprint density at radius 3 is 2.14 bits per heavy atom. The van der Waals surface area contributed by atoms with Gasteiger partial charge in [0, 0.05) is 0 Å². The summed E-state index contributed by atoms with van der Waals surface area (Å²) in [5, 5.41) is 9.17. The molecule has 1 nitrogen and oxygen atoms in total. The molecule has 0 spiro atoms. The number of rotatable bonds is 1. The number of nitriles is 1. The van der Waals surface area contributed by atoms with E-state index in [0.29, 0.717) is 0 Å². The molecule has 1 aliphatic carbocycles. The summed E-state index contributed by atoms with van der Waals surface area (Å²) in [5.41, 5.74) is 5.03. The van der Waals surface area contributed by atoms with Crippen LogP contribution in [0.3, 0.4) is 0 Å². The minimum Gasteiger partial charge on any atom is -0.147 e. The third-order valence-corrected chi connectivity index (χ3v) is 5.78. The van der Waals surface area contributed by atoms with E-state index < -0.39 is 0 Å². The van der Waals surface area contributed by atoms with Crippen molar-refractivity contribution in [1.82, 2.24) is 0 Å². The van der Waals surface area contributed by atoms with Crippen molar-refractivity contribution >= 4 is 28.2 Å². The Kier molecular flexibility index (Phi) is 3.64. The maximum atomic E-state index is 9.17. The minimum atomic E-state index is -0.122. The van der Waals surface area contributed by atoms with E-state index in [2.05, 4.69) is 36.0 Å². The van der Waals surface area contributed by atoms with Crippen LogP contribution in [0, 0.1) is 11.3 Å². The fraction of sp³-hybridized carbons (Fsp3) is 0.364. The van der Waals surface area contributed by atoms with Gasteiger partial charge in [0.2, 0.25) is 0 Å². The molecule has 1 aromatic carbocycles. The van der Waals surface area contributed by atoms with Gasteiger partial charge >= 0.3 is 85.2 Å². The number of halogens is 1. The van der Waals surface area contributed by atoms with Gasteiger partial charge in [0.1, 0.15) is 0 Å². The Bertz CT molecular complexity index is 345. The molecule has 0 fully saturated rings. The van der Waals surface area contributed by atoms with Gasteiger partial charge in [0.15, 0.2) is 0 Å². The van der Waals surface area contributed by atoms with Gasteiger partial charge in [-0.2, -0.15) is 0 Å². The fourth-order valence-corrected chi connectivity index (χ4v) is 3.70. The Labute approximate surface area is 97.6 Å². The van der Waals surface area contributed by atoms with Crippen LogP contribution < -0.4 is 0 Å². The zero-order valence-corrected chi connectivity index (χ0v) is 11.0. The predicted octanol–water partition coefficient (Wildman–Crippen LogP) is 2.37. The smallest absolute Gasteiger partial charge is 0.147 e. The number of hydrogen-bond acceptors (Lipinski definition) is 1. The van der Waals surface area contributed by atoms with E-state index in [9.17, 15) is 0 Å². The van der Waals surface area contributed by atoms with E-state index in [4.69, 9.17) is 5.26 Å². The molecule has 1 atom stereocenters. The van der Waals surface area contributed by atoms with Crippen LogP contribution in [0.2, 0.25) is 9.91 Å². The quantitative estimate of drug-likeness (QED) is 0.718. The average molecular weight is 270 g/mol. The molecule has 0 saturated carbocycles. The van der Waals surface area contributed by atoms with E-state index in [1.165, 1.54) is 11.1 Å². The van der Waals surface area contributed by atoms with Crippen LogP contribution in [0.25, 0.3) is 0 Å². The molecular formula is C11H13AsClN. The van der Waals surface area contributed by atoms with Crippen molar-refractivity contribution in [2.45, 2.75) is 22.8 Å². The second-order valence-corrected chi connectivity index (χ2v) is 6.62. The average Bonchev–Trinajstić information content (AvgIpc) is 2.57. The molecule has 0 heterocycles. The standard InChI is InChI=1S/C11H12AsN.ClH/c1-12-11(8-13)6-9-4-2-3-5-10(9)7-11;/h2-5,12H,6-7H2,1H3;1H. The first-order valence-electron chi connectivity index (χ1n) is 4.47. The Hall–Kier alpha value is -0.442. The normalized spacial score (nSPS) is 17.4. The second-order valence-electron chi connectivity index (χ2n) is 3.57. The molecule has 0 amide bonds. The Morgan fingerprint density at radius 2 is 1.79 bits per heavy atom. The van der Waals surface area contributed by atoms with E-state index in [1.807, 2.05) is 0 Å². The zero-order valence-electron chi connectivity index (χ0n) is 8.08. The van der Waals surface area contributed by atoms with Gasteiger partial charge in [-0.3, -0.25) is 0 Å². The van der Waals surface area contributed by atoms with Gasteiger partial charge in [0.05, 0.1) is 0 Å². The van der Waals surface area contributed by atoms with Gasteiger partial charge in [-0.05, 0) is 0 Å². The zero-order chi connectivity index (χ0) is 9.31. The predicted molar refractivity (Wildman–Crippen MR) is 62.4 cm³/mol. The first-order chi connectivity index (χ1) is 6.29. The molecule has 74 valence electrons. The van der Waals surface area contributed by atoms with Gasteiger partial charge < -0.3 is 0 Å². The Morgan fingerprint density at radius 1 is 1.29 bits per heavy atom. The van der Waals surface area contributed by atoms with Gasteiger partial charge in [-0.15, -0.1) is 12.4 Å². The topological polar surface area (TPSA) is 23.8 Å². The molecule has 0 bridgehead atoms. The summed E-state index contributed by atoms with van der Waals surface area (Å²) in [6.07, 6.45) is 1.99. The summed E-state index contributed by atoms with van der Waals surface area (Å²) < 4.78 is 0.0175. The molecule has 1 aromatic rings. The second kappa shape index (κ2) is 4.39. The monoisotopic (exact) mass is 269 g/mol. The van der Waals surface area contributed by atoms with Crippen molar-refractivity contribution in [3.05, 3.63) is 35.4 Å². The molecule has 3 heteroatoms. The van der Waals surface area contributed by atoms with E-state index in [-0.39, 0.29) is 32.4 Å². The SMILES string of the molecule is C[AsH]C1(C#N)Cc2ccccc2C1.Cl. The van der Waals surface area contributed by atoms with Gasteiger partial charge in [-0.25, -0.2) is 0 Å². The molecule has 0 aromatic heterocycles. The number of nitrogens with zero attached hydrogens (tertiary/aromatic N) is 1. The third kappa shape index (κ3) is 1.83. The molecule has 14 heavy (non-hydrogen) atoms. The number of benzene rings is 1. The van der Waals surface area contributed by atoms with Crippen LogP contribution in [0.1, 0.15) is 11.1 Å². The molecule has 0 aliphatic heterocycles. The maximum Gasteiger partial charge on any atom is -0.147 e. The third-order valence-electron chi connectivity index (χ3n) is 2.80. The van der Waals surface area contributed by atoms with Crippen LogP contribution in [-0.2, 0) is 12.8 Å². The summed E-state index contributed by atoms with van der Waals surface area (Å²) in [5.74, 6) is 0. The molecule has 2 rings (SSSR count). The molecular weight excluding hydrogens is 257 g/mol. The Balaban J connectivity index is 0.000000980. The van der Waals surface area contributed by atoms with Crippen molar-refractivity contribution in [2.24, 2.45) is 0 Å². The van der Waals surface area contributed by atoms with Crippen LogP contribution >= 0.6 is 12.4 Å². The van der Waals surface area contributed by atoms with E-state index in [1.54, 1.807) is 0 Å². The number of fused-ring (bicyclic) bond motifs is 1. The van der Waals surface area contributed by atoms with Crippen LogP contribution in [-0.4, -0.2) is 15.8 Å². The summed E-state index contributed by atoms with van der Waals surface area (Å²) >= 11 is -0.122.